The minimum absolute atomic E-state index is 0.313. The summed E-state index contributed by atoms with van der Waals surface area (Å²) in [4.78, 5) is 4.58. The average molecular weight is 307 g/mol. The molecule has 0 aromatic carbocycles. The van der Waals surface area contributed by atoms with Crippen LogP contribution >= 0.6 is 15.9 Å². The number of aromatic nitrogens is 2. The highest BCUT2D eigenvalue weighted by molar-refractivity contribution is 9.10. The van der Waals surface area contributed by atoms with Gasteiger partial charge in [-0.1, -0.05) is 0 Å². The predicted octanol–water partition coefficient (Wildman–Crippen LogP) is 3.31. The molecule has 3 nitrogen and oxygen atoms in total. The quantitative estimate of drug-likeness (QED) is 0.878. The molecular weight excluding hydrogens is 292 g/mol. The lowest BCUT2D eigenvalue weighted by Crippen LogP contribution is -2.11. The molecular formula is C14H15BrN2O. The highest BCUT2D eigenvalue weighted by Crippen LogP contribution is 2.31. The molecule has 0 saturated carbocycles. The topological polar surface area (TPSA) is 38.0 Å². The first-order valence-electron chi connectivity index (χ1n) is 6.18. The molecule has 2 aromatic rings. The van der Waals surface area contributed by atoms with Gasteiger partial charge in [-0.25, -0.2) is 4.98 Å². The number of rotatable bonds is 1. The molecule has 1 aliphatic rings. The number of hydrogen-bond donors (Lipinski definition) is 1. The van der Waals surface area contributed by atoms with Crippen molar-refractivity contribution in [2.24, 2.45) is 0 Å². The summed E-state index contributed by atoms with van der Waals surface area (Å²) in [7, 11) is 0. The fourth-order valence-electron chi connectivity index (χ4n) is 2.55. The van der Waals surface area contributed by atoms with Gasteiger partial charge in [-0.05, 0) is 60.3 Å². The number of aryl methyl sites for hydroxylation is 1. The third-order valence-corrected chi connectivity index (χ3v) is 4.37. The van der Waals surface area contributed by atoms with Crippen molar-refractivity contribution in [1.82, 2.24) is 9.55 Å². The Hall–Kier alpha value is -1.13. The molecule has 0 saturated heterocycles. The molecule has 0 amide bonds. The zero-order valence-electron chi connectivity index (χ0n) is 10.2. The lowest BCUT2D eigenvalue weighted by Gasteiger charge is -2.20. The van der Waals surface area contributed by atoms with Gasteiger partial charge in [0.25, 0.3) is 0 Å². The fraction of sp³-hybridized carbons (Fsp3) is 0.357. The third-order valence-electron chi connectivity index (χ3n) is 3.53. The van der Waals surface area contributed by atoms with E-state index in [1.807, 2.05) is 31.3 Å². The molecule has 0 spiro atoms. The molecule has 2 heterocycles. The molecule has 3 rings (SSSR count). The minimum Gasteiger partial charge on any atom is -0.388 e. The first-order valence-corrected chi connectivity index (χ1v) is 6.98. The molecule has 18 heavy (non-hydrogen) atoms. The SMILES string of the molecule is Cc1nc(-n2ccc3c2CCCC3O)ccc1Br. The molecule has 2 aromatic heterocycles. The smallest absolute Gasteiger partial charge is 0.137 e. The van der Waals surface area contributed by atoms with Crippen LogP contribution in [0.25, 0.3) is 5.82 Å². The van der Waals surface area contributed by atoms with E-state index in [1.165, 1.54) is 5.69 Å². The summed E-state index contributed by atoms with van der Waals surface area (Å²) >= 11 is 3.47. The summed E-state index contributed by atoms with van der Waals surface area (Å²) in [5.74, 6) is 0.922. The Balaban J connectivity index is 2.09. The largest absolute Gasteiger partial charge is 0.388 e. The Morgan fingerprint density at radius 3 is 3.00 bits per heavy atom. The van der Waals surface area contributed by atoms with Crippen LogP contribution < -0.4 is 0 Å². The molecule has 1 N–H and O–H groups in total. The molecule has 0 fully saturated rings. The number of hydrogen-bond acceptors (Lipinski definition) is 2. The van der Waals surface area contributed by atoms with Crippen molar-refractivity contribution < 1.29 is 5.11 Å². The van der Waals surface area contributed by atoms with Crippen LogP contribution in [0.5, 0.6) is 0 Å². The van der Waals surface area contributed by atoms with Gasteiger partial charge < -0.3 is 9.67 Å². The van der Waals surface area contributed by atoms with E-state index in [0.717, 1.165) is 40.8 Å². The van der Waals surface area contributed by atoms with Crippen molar-refractivity contribution in [3.05, 3.63) is 45.8 Å². The van der Waals surface area contributed by atoms with Crippen molar-refractivity contribution in [3.8, 4) is 5.82 Å². The van der Waals surface area contributed by atoms with E-state index in [-0.39, 0.29) is 6.10 Å². The van der Waals surface area contributed by atoms with Gasteiger partial charge in [0.1, 0.15) is 5.82 Å². The Bertz CT molecular complexity index is 591. The first-order chi connectivity index (χ1) is 8.66. The van der Waals surface area contributed by atoms with Gasteiger partial charge in [0.15, 0.2) is 0 Å². The number of halogens is 1. The van der Waals surface area contributed by atoms with Gasteiger partial charge in [0.05, 0.1) is 11.8 Å². The second-order valence-corrected chi connectivity index (χ2v) is 5.59. The van der Waals surface area contributed by atoms with Gasteiger partial charge >= 0.3 is 0 Å². The van der Waals surface area contributed by atoms with Gasteiger partial charge in [-0.3, -0.25) is 0 Å². The highest BCUT2D eigenvalue weighted by atomic mass is 79.9. The Labute approximate surface area is 115 Å². The first kappa shape index (κ1) is 11.9. The van der Waals surface area contributed by atoms with E-state index in [0.29, 0.717) is 0 Å². The van der Waals surface area contributed by atoms with Gasteiger partial charge in [0.2, 0.25) is 0 Å². The van der Waals surface area contributed by atoms with Crippen LogP contribution in [0, 0.1) is 6.92 Å². The summed E-state index contributed by atoms with van der Waals surface area (Å²) in [5.41, 5.74) is 3.23. The fourth-order valence-corrected chi connectivity index (χ4v) is 2.77. The van der Waals surface area contributed by atoms with Gasteiger partial charge in [-0.15, -0.1) is 0 Å². The minimum atomic E-state index is -0.313. The van der Waals surface area contributed by atoms with Crippen molar-refractivity contribution in [2.75, 3.05) is 0 Å². The monoisotopic (exact) mass is 306 g/mol. The van der Waals surface area contributed by atoms with E-state index in [2.05, 4.69) is 25.5 Å². The molecule has 1 atom stereocenters. The Morgan fingerprint density at radius 2 is 2.22 bits per heavy atom. The average Bonchev–Trinajstić information content (AvgIpc) is 2.78. The number of nitrogens with zero attached hydrogens (tertiary/aromatic N) is 2. The normalized spacial score (nSPS) is 18.7. The predicted molar refractivity (Wildman–Crippen MR) is 73.9 cm³/mol. The molecule has 94 valence electrons. The zero-order chi connectivity index (χ0) is 12.7. The molecule has 0 aliphatic heterocycles. The molecule has 1 aliphatic carbocycles. The van der Waals surface area contributed by atoms with Crippen molar-refractivity contribution in [2.45, 2.75) is 32.3 Å². The lowest BCUT2D eigenvalue weighted by molar-refractivity contribution is 0.156. The maximum atomic E-state index is 9.98. The van der Waals surface area contributed by atoms with Crippen molar-refractivity contribution in [3.63, 3.8) is 0 Å². The summed E-state index contributed by atoms with van der Waals surface area (Å²) in [6.45, 7) is 1.98. The van der Waals surface area contributed by atoms with E-state index in [1.54, 1.807) is 0 Å². The van der Waals surface area contributed by atoms with Gasteiger partial charge in [0, 0.05) is 21.9 Å². The van der Waals surface area contributed by atoms with Crippen molar-refractivity contribution >= 4 is 15.9 Å². The summed E-state index contributed by atoms with van der Waals surface area (Å²) < 4.78 is 3.12. The van der Waals surface area contributed by atoms with Crippen molar-refractivity contribution in [1.29, 1.82) is 0 Å². The number of aliphatic hydroxyl groups excluding tert-OH is 1. The molecule has 4 heteroatoms. The Kier molecular flexibility index (Phi) is 2.99. The maximum Gasteiger partial charge on any atom is 0.137 e. The van der Waals surface area contributed by atoms with Crippen LogP contribution in [0.2, 0.25) is 0 Å². The number of pyridine rings is 1. The van der Waals surface area contributed by atoms with Crippen LogP contribution in [0.4, 0.5) is 0 Å². The van der Waals surface area contributed by atoms with E-state index < -0.39 is 0 Å². The molecule has 0 bridgehead atoms. The number of aliphatic hydroxyl groups is 1. The third kappa shape index (κ3) is 1.89. The standard InChI is InChI=1S/C14H15BrN2O/c1-9-11(15)5-6-14(16-9)17-8-7-10-12(17)3-2-4-13(10)18/h5-8,13,18H,2-4H2,1H3. The van der Waals surface area contributed by atoms with E-state index in [4.69, 9.17) is 0 Å². The van der Waals surface area contributed by atoms with E-state index in [9.17, 15) is 5.11 Å². The van der Waals surface area contributed by atoms with Crippen LogP contribution in [0.3, 0.4) is 0 Å². The van der Waals surface area contributed by atoms with Gasteiger partial charge in [-0.2, -0.15) is 0 Å². The van der Waals surface area contributed by atoms with Crippen LogP contribution in [0.1, 0.15) is 35.9 Å². The van der Waals surface area contributed by atoms with E-state index >= 15 is 0 Å². The molecule has 0 radical (unpaired) electrons. The second kappa shape index (κ2) is 4.52. The summed E-state index contributed by atoms with van der Waals surface area (Å²) in [6, 6.07) is 6.03. The lowest BCUT2D eigenvalue weighted by atomic mass is 9.95. The van der Waals surface area contributed by atoms with Crippen LogP contribution in [0.15, 0.2) is 28.9 Å². The second-order valence-electron chi connectivity index (χ2n) is 4.73. The number of fused-ring (bicyclic) bond motifs is 1. The van der Waals surface area contributed by atoms with Crippen LogP contribution in [-0.4, -0.2) is 14.7 Å². The highest BCUT2D eigenvalue weighted by Gasteiger charge is 2.21. The van der Waals surface area contributed by atoms with Crippen LogP contribution in [-0.2, 0) is 6.42 Å². The molecule has 1 unspecified atom stereocenters. The Morgan fingerprint density at radius 1 is 1.39 bits per heavy atom. The zero-order valence-corrected chi connectivity index (χ0v) is 11.8. The summed E-state index contributed by atoms with van der Waals surface area (Å²) in [5, 5.41) is 9.98. The maximum absolute atomic E-state index is 9.98. The summed E-state index contributed by atoms with van der Waals surface area (Å²) in [6.07, 6.45) is 4.61.